The average molecular weight is 241 g/mol. The van der Waals surface area contributed by atoms with E-state index < -0.39 is 0 Å². The lowest BCUT2D eigenvalue weighted by molar-refractivity contribution is 0.413. The summed E-state index contributed by atoms with van der Waals surface area (Å²) >= 11 is 0. The highest BCUT2D eigenvalue weighted by molar-refractivity contribution is 5.78. The molecule has 2 aromatic carbocycles. The Balaban J connectivity index is 2.72. The first kappa shape index (κ1) is 12.5. The molecule has 2 nitrogen and oxygen atoms in total. The van der Waals surface area contributed by atoms with Crippen molar-refractivity contribution in [2.75, 3.05) is 12.8 Å². The fourth-order valence-corrected chi connectivity index (χ4v) is 2.21. The monoisotopic (exact) mass is 241 g/mol. The van der Waals surface area contributed by atoms with Crippen LogP contribution >= 0.6 is 0 Å². The molecule has 2 heteroatoms. The lowest BCUT2D eigenvalue weighted by Gasteiger charge is -2.16. The van der Waals surface area contributed by atoms with E-state index in [4.69, 9.17) is 10.5 Å². The number of hydrogen-bond acceptors (Lipinski definition) is 2. The fraction of sp³-hybridized carbons (Fsp3) is 0.250. The Bertz CT molecular complexity index is 588. The summed E-state index contributed by atoms with van der Waals surface area (Å²) in [5.41, 5.74) is 12.5. The van der Waals surface area contributed by atoms with E-state index in [2.05, 4.69) is 32.0 Å². The lowest BCUT2D eigenvalue weighted by Crippen LogP contribution is -1.97. The van der Waals surface area contributed by atoms with Crippen molar-refractivity contribution in [1.29, 1.82) is 0 Å². The zero-order valence-corrected chi connectivity index (χ0v) is 11.4. The summed E-state index contributed by atoms with van der Waals surface area (Å²) in [5.74, 6) is 0.934. The van der Waals surface area contributed by atoms with Gasteiger partial charge >= 0.3 is 0 Å². The van der Waals surface area contributed by atoms with E-state index in [1.165, 1.54) is 11.1 Å². The maximum absolute atomic E-state index is 5.98. The van der Waals surface area contributed by atoms with Gasteiger partial charge in [0.25, 0.3) is 0 Å². The van der Waals surface area contributed by atoms with Gasteiger partial charge in [0, 0.05) is 11.3 Å². The minimum Gasteiger partial charge on any atom is -0.496 e. The van der Waals surface area contributed by atoms with Gasteiger partial charge in [-0.05, 0) is 49.1 Å². The second kappa shape index (κ2) is 4.73. The first-order chi connectivity index (χ1) is 8.56. The van der Waals surface area contributed by atoms with Crippen LogP contribution < -0.4 is 10.5 Å². The predicted octanol–water partition coefficient (Wildman–Crippen LogP) is 3.87. The Morgan fingerprint density at radius 1 is 0.889 bits per heavy atom. The molecule has 0 spiro atoms. The van der Waals surface area contributed by atoms with E-state index in [0.29, 0.717) is 0 Å². The van der Waals surface area contributed by atoms with Gasteiger partial charge in [0.1, 0.15) is 5.75 Å². The van der Waals surface area contributed by atoms with Crippen molar-refractivity contribution in [2.45, 2.75) is 20.8 Å². The van der Waals surface area contributed by atoms with Crippen molar-refractivity contribution >= 4 is 5.69 Å². The molecule has 2 aromatic rings. The van der Waals surface area contributed by atoms with E-state index in [-0.39, 0.29) is 0 Å². The Morgan fingerprint density at radius 2 is 1.61 bits per heavy atom. The van der Waals surface area contributed by atoms with Crippen LogP contribution in [-0.2, 0) is 0 Å². The van der Waals surface area contributed by atoms with Crippen LogP contribution in [0.2, 0.25) is 0 Å². The van der Waals surface area contributed by atoms with Gasteiger partial charge in [-0.2, -0.15) is 0 Å². The molecule has 2 rings (SSSR count). The molecule has 94 valence electrons. The van der Waals surface area contributed by atoms with Crippen LogP contribution in [0.4, 0.5) is 5.69 Å². The van der Waals surface area contributed by atoms with Crippen molar-refractivity contribution < 1.29 is 4.74 Å². The normalized spacial score (nSPS) is 10.4. The summed E-state index contributed by atoms with van der Waals surface area (Å²) in [4.78, 5) is 0. The standard InChI is InChI=1S/C16H19NO/c1-10-8-9-14(16(18-4)11(10)2)13-6-5-7-15(17)12(13)3/h5-9H,17H2,1-4H3. The molecule has 0 atom stereocenters. The van der Waals surface area contributed by atoms with Crippen molar-refractivity contribution in [3.63, 3.8) is 0 Å². The third-order valence-electron chi connectivity index (χ3n) is 3.55. The molecular formula is C16H19NO. The summed E-state index contributed by atoms with van der Waals surface area (Å²) < 4.78 is 5.57. The van der Waals surface area contributed by atoms with E-state index in [0.717, 1.165) is 28.1 Å². The third-order valence-corrected chi connectivity index (χ3v) is 3.55. The molecule has 18 heavy (non-hydrogen) atoms. The van der Waals surface area contributed by atoms with Gasteiger partial charge in [0.05, 0.1) is 7.11 Å². The largest absolute Gasteiger partial charge is 0.496 e. The predicted molar refractivity (Wildman–Crippen MR) is 77.1 cm³/mol. The highest BCUT2D eigenvalue weighted by Gasteiger charge is 2.12. The summed E-state index contributed by atoms with van der Waals surface area (Å²) in [7, 11) is 1.72. The van der Waals surface area contributed by atoms with E-state index >= 15 is 0 Å². The molecule has 0 heterocycles. The van der Waals surface area contributed by atoms with Gasteiger partial charge in [0.2, 0.25) is 0 Å². The second-order valence-corrected chi connectivity index (χ2v) is 4.61. The number of anilines is 1. The maximum Gasteiger partial charge on any atom is 0.129 e. The molecule has 0 aliphatic heterocycles. The first-order valence-electron chi connectivity index (χ1n) is 6.06. The van der Waals surface area contributed by atoms with Crippen LogP contribution in [0.5, 0.6) is 5.75 Å². The van der Waals surface area contributed by atoms with Crippen LogP contribution in [0.1, 0.15) is 16.7 Å². The Kier molecular flexibility index (Phi) is 3.28. The van der Waals surface area contributed by atoms with Crippen LogP contribution in [-0.4, -0.2) is 7.11 Å². The summed E-state index contributed by atoms with van der Waals surface area (Å²) in [5, 5.41) is 0. The molecule has 2 N–H and O–H groups in total. The Morgan fingerprint density at radius 3 is 2.28 bits per heavy atom. The van der Waals surface area contributed by atoms with Crippen LogP contribution in [0.3, 0.4) is 0 Å². The highest BCUT2D eigenvalue weighted by atomic mass is 16.5. The number of aryl methyl sites for hydroxylation is 1. The first-order valence-corrected chi connectivity index (χ1v) is 6.06. The SMILES string of the molecule is COc1c(-c2cccc(N)c2C)ccc(C)c1C. The number of hydrogen-bond donors (Lipinski definition) is 1. The number of benzene rings is 2. The van der Waals surface area contributed by atoms with Gasteiger partial charge in [0.15, 0.2) is 0 Å². The molecule has 0 bridgehead atoms. The van der Waals surface area contributed by atoms with E-state index in [9.17, 15) is 0 Å². The van der Waals surface area contributed by atoms with Gasteiger partial charge in [-0.1, -0.05) is 24.3 Å². The zero-order valence-electron chi connectivity index (χ0n) is 11.4. The molecule has 0 radical (unpaired) electrons. The quantitative estimate of drug-likeness (QED) is 0.810. The minimum atomic E-state index is 0.813. The average Bonchev–Trinajstić information content (AvgIpc) is 2.36. The van der Waals surface area contributed by atoms with Gasteiger partial charge in [-0.15, -0.1) is 0 Å². The molecule has 0 unspecified atom stereocenters. The number of nitrogen functional groups attached to an aromatic ring is 1. The molecule has 0 aliphatic carbocycles. The van der Waals surface area contributed by atoms with Gasteiger partial charge in [-0.25, -0.2) is 0 Å². The highest BCUT2D eigenvalue weighted by Crippen LogP contribution is 2.37. The molecule has 0 amide bonds. The molecule has 0 aromatic heterocycles. The van der Waals surface area contributed by atoms with Crippen LogP contribution in [0.15, 0.2) is 30.3 Å². The van der Waals surface area contributed by atoms with Crippen molar-refractivity contribution in [1.82, 2.24) is 0 Å². The number of nitrogens with two attached hydrogens (primary N) is 1. The lowest BCUT2D eigenvalue weighted by atomic mass is 9.95. The second-order valence-electron chi connectivity index (χ2n) is 4.61. The zero-order chi connectivity index (χ0) is 13.3. The summed E-state index contributed by atoms with van der Waals surface area (Å²) in [6.45, 7) is 6.21. The van der Waals surface area contributed by atoms with E-state index in [1.807, 2.05) is 19.1 Å². The van der Waals surface area contributed by atoms with Crippen molar-refractivity contribution in [3.8, 4) is 16.9 Å². The third kappa shape index (κ3) is 1.94. The fourth-order valence-electron chi connectivity index (χ4n) is 2.21. The van der Waals surface area contributed by atoms with Gasteiger partial charge in [-0.3, -0.25) is 0 Å². The molecule has 0 aliphatic rings. The van der Waals surface area contributed by atoms with Crippen LogP contribution in [0, 0.1) is 20.8 Å². The minimum absolute atomic E-state index is 0.813. The topological polar surface area (TPSA) is 35.2 Å². The molecule has 0 saturated carbocycles. The summed E-state index contributed by atoms with van der Waals surface area (Å²) in [6.07, 6.45) is 0. The number of methoxy groups -OCH3 is 1. The van der Waals surface area contributed by atoms with Gasteiger partial charge < -0.3 is 10.5 Å². The van der Waals surface area contributed by atoms with Crippen molar-refractivity contribution in [3.05, 3.63) is 47.0 Å². The Hall–Kier alpha value is -1.96. The molecular weight excluding hydrogens is 222 g/mol. The van der Waals surface area contributed by atoms with Crippen LogP contribution in [0.25, 0.3) is 11.1 Å². The van der Waals surface area contributed by atoms with Crippen molar-refractivity contribution in [2.24, 2.45) is 0 Å². The summed E-state index contributed by atoms with van der Waals surface area (Å²) in [6, 6.07) is 10.2. The molecule has 0 saturated heterocycles. The maximum atomic E-state index is 5.98. The number of rotatable bonds is 2. The van der Waals surface area contributed by atoms with E-state index in [1.54, 1.807) is 7.11 Å². The molecule has 0 fully saturated rings. The Labute approximate surface area is 108 Å². The number of ether oxygens (including phenoxy) is 1. The smallest absolute Gasteiger partial charge is 0.129 e.